The molecule has 6 heteroatoms. The van der Waals surface area contributed by atoms with Crippen molar-refractivity contribution in [3.8, 4) is 11.5 Å². The Morgan fingerprint density at radius 1 is 1.43 bits per heavy atom. The summed E-state index contributed by atoms with van der Waals surface area (Å²) in [5.41, 5.74) is 8.44. The van der Waals surface area contributed by atoms with E-state index in [-0.39, 0.29) is 12.8 Å². The van der Waals surface area contributed by atoms with Crippen LogP contribution in [0.2, 0.25) is 0 Å². The third-order valence-corrected chi connectivity index (χ3v) is 4.92. The molecule has 1 aliphatic rings. The zero-order valence-corrected chi connectivity index (χ0v) is 14.1. The van der Waals surface area contributed by atoms with E-state index in [1.165, 1.54) is 5.56 Å². The maximum atomic E-state index is 6.00. The zero-order valence-electron chi connectivity index (χ0n) is 11.7. The third kappa shape index (κ3) is 3.08. The van der Waals surface area contributed by atoms with Crippen molar-refractivity contribution < 1.29 is 9.47 Å². The molecule has 1 atom stereocenters. The van der Waals surface area contributed by atoms with Crippen LogP contribution in [0, 0.1) is 0 Å². The molecule has 1 unspecified atom stereocenters. The van der Waals surface area contributed by atoms with Gasteiger partial charge in [0.25, 0.3) is 0 Å². The van der Waals surface area contributed by atoms with E-state index in [1.54, 1.807) is 11.3 Å². The second-order valence-electron chi connectivity index (χ2n) is 5.03. The quantitative estimate of drug-likeness (QED) is 0.878. The van der Waals surface area contributed by atoms with Crippen molar-refractivity contribution in [2.75, 3.05) is 20.4 Å². The molecule has 1 aromatic carbocycles. The van der Waals surface area contributed by atoms with Gasteiger partial charge in [-0.3, -0.25) is 4.90 Å². The van der Waals surface area contributed by atoms with E-state index in [1.807, 2.05) is 6.07 Å². The average Bonchev–Trinajstić information content (AvgIpc) is 3.10. The van der Waals surface area contributed by atoms with Gasteiger partial charge in [0.1, 0.15) is 0 Å². The highest BCUT2D eigenvalue weighted by Gasteiger charge is 2.23. The van der Waals surface area contributed by atoms with E-state index in [2.05, 4.69) is 50.8 Å². The number of nitrogens with zero attached hydrogens (tertiary/aromatic N) is 1. The van der Waals surface area contributed by atoms with Gasteiger partial charge in [0.05, 0.1) is 4.47 Å². The minimum atomic E-state index is 0.135. The summed E-state index contributed by atoms with van der Waals surface area (Å²) in [6.07, 6.45) is 0. The molecule has 1 aliphatic heterocycles. The van der Waals surface area contributed by atoms with Crippen molar-refractivity contribution in [1.29, 1.82) is 0 Å². The number of thiophene rings is 1. The first-order chi connectivity index (χ1) is 10.2. The second kappa shape index (κ2) is 6.36. The molecule has 0 amide bonds. The lowest BCUT2D eigenvalue weighted by Crippen LogP contribution is -2.30. The van der Waals surface area contributed by atoms with E-state index in [0.717, 1.165) is 28.1 Å². The number of benzene rings is 1. The minimum absolute atomic E-state index is 0.135. The highest BCUT2D eigenvalue weighted by Crippen LogP contribution is 2.41. The predicted molar refractivity (Wildman–Crippen MR) is 87.8 cm³/mol. The normalized spacial score (nSPS) is 14.7. The molecule has 21 heavy (non-hydrogen) atoms. The largest absolute Gasteiger partial charge is 0.454 e. The third-order valence-electron chi connectivity index (χ3n) is 3.60. The molecule has 1 aromatic heterocycles. The van der Waals surface area contributed by atoms with E-state index in [4.69, 9.17) is 15.2 Å². The lowest BCUT2D eigenvalue weighted by molar-refractivity contribution is 0.173. The number of hydrogen-bond donors (Lipinski definition) is 1. The van der Waals surface area contributed by atoms with Crippen molar-refractivity contribution in [3.05, 3.63) is 44.6 Å². The molecule has 2 N–H and O–H groups in total. The Bertz CT molecular complexity index is 618. The van der Waals surface area contributed by atoms with Crippen LogP contribution in [-0.4, -0.2) is 25.3 Å². The summed E-state index contributed by atoms with van der Waals surface area (Å²) >= 11 is 5.26. The van der Waals surface area contributed by atoms with Gasteiger partial charge in [0.15, 0.2) is 11.5 Å². The Hall–Kier alpha value is -1.08. The fourth-order valence-corrected chi connectivity index (χ4v) is 3.77. The zero-order chi connectivity index (χ0) is 14.8. The fraction of sp³-hybridized carbons (Fsp3) is 0.333. The summed E-state index contributed by atoms with van der Waals surface area (Å²) in [4.78, 5) is 2.26. The predicted octanol–water partition coefficient (Wildman–Crippen LogP) is 3.37. The smallest absolute Gasteiger partial charge is 0.231 e. The van der Waals surface area contributed by atoms with Gasteiger partial charge in [0, 0.05) is 19.1 Å². The number of halogens is 1. The standard InChI is InChI=1S/C15H17BrN2O2S/c1-18(7-10-2-3-21-8-10)13(6-17)11-4-12(16)15-14(5-11)19-9-20-15/h2-5,8,13H,6-7,9,17H2,1H3. The number of hydrogen-bond acceptors (Lipinski definition) is 5. The highest BCUT2D eigenvalue weighted by atomic mass is 79.9. The average molecular weight is 369 g/mol. The Morgan fingerprint density at radius 2 is 2.29 bits per heavy atom. The molecule has 0 radical (unpaired) electrons. The van der Waals surface area contributed by atoms with Crippen molar-refractivity contribution >= 4 is 27.3 Å². The molecular formula is C15H17BrN2O2S. The molecule has 0 bridgehead atoms. The van der Waals surface area contributed by atoms with Crippen LogP contribution < -0.4 is 15.2 Å². The van der Waals surface area contributed by atoms with E-state index in [0.29, 0.717) is 6.54 Å². The van der Waals surface area contributed by atoms with Gasteiger partial charge in [0.2, 0.25) is 6.79 Å². The van der Waals surface area contributed by atoms with Crippen LogP contribution in [0.5, 0.6) is 11.5 Å². The Kier molecular flexibility index (Phi) is 4.49. The number of likely N-dealkylation sites (N-methyl/N-ethyl adjacent to an activating group) is 1. The van der Waals surface area contributed by atoms with Crippen LogP contribution in [0.25, 0.3) is 0 Å². The summed E-state index contributed by atoms with van der Waals surface area (Å²) in [6.45, 7) is 1.69. The van der Waals surface area contributed by atoms with Crippen molar-refractivity contribution in [3.63, 3.8) is 0 Å². The van der Waals surface area contributed by atoms with Crippen LogP contribution in [0.15, 0.2) is 33.4 Å². The van der Waals surface area contributed by atoms with E-state index in [9.17, 15) is 0 Å². The maximum absolute atomic E-state index is 6.00. The Balaban J connectivity index is 1.84. The van der Waals surface area contributed by atoms with Gasteiger partial charge < -0.3 is 15.2 Å². The molecule has 0 fully saturated rings. The first kappa shape index (κ1) is 14.8. The summed E-state index contributed by atoms with van der Waals surface area (Å²) in [7, 11) is 2.09. The lowest BCUT2D eigenvalue weighted by atomic mass is 10.0. The molecule has 0 saturated heterocycles. The van der Waals surface area contributed by atoms with Gasteiger partial charge >= 0.3 is 0 Å². The molecule has 3 rings (SSSR count). The van der Waals surface area contributed by atoms with Crippen LogP contribution in [0.4, 0.5) is 0 Å². The monoisotopic (exact) mass is 368 g/mol. The van der Waals surface area contributed by atoms with Crippen LogP contribution in [0.1, 0.15) is 17.2 Å². The van der Waals surface area contributed by atoms with Crippen LogP contribution >= 0.6 is 27.3 Å². The molecule has 2 aromatic rings. The molecule has 0 aliphatic carbocycles. The molecular weight excluding hydrogens is 352 g/mol. The first-order valence-electron chi connectivity index (χ1n) is 6.69. The van der Waals surface area contributed by atoms with Crippen LogP contribution in [-0.2, 0) is 6.54 Å². The highest BCUT2D eigenvalue weighted by molar-refractivity contribution is 9.10. The van der Waals surface area contributed by atoms with Crippen molar-refractivity contribution in [1.82, 2.24) is 4.90 Å². The summed E-state index contributed by atoms with van der Waals surface area (Å²) in [5.74, 6) is 1.55. The van der Waals surface area contributed by atoms with Gasteiger partial charge in [-0.25, -0.2) is 0 Å². The number of fused-ring (bicyclic) bond motifs is 1. The molecule has 2 heterocycles. The van der Waals surface area contributed by atoms with Crippen LogP contribution in [0.3, 0.4) is 0 Å². The van der Waals surface area contributed by atoms with Gasteiger partial charge in [-0.15, -0.1) is 0 Å². The number of ether oxygens (including phenoxy) is 2. The van der Waals surface area contributed by atoms with Gasteiger partial charge in [-0.2, -0.15) is 11.3 Å². The summed E-state index contributed by atoms with van der Waals surface area (Å²) < 4.78 is 11.8. The Labute approximate surface area is 136 Å². The first-order valence-corrected chi connectivity index (χ1v) is 8.43. The van der Waals surface area contributed by atoms with E-state index < -0.39 is 0 Å². The summed E-state index contributed by atoms with van der Waals surface area (Å²) in [6, 6.07) is 6.37. The van der Waals surface area contributed by atoms with Crippen molar-refractivity contribution in [2.24, 2.45) is 5.73 Å². The molecule has 0 spiro atoms. The number of rotatable bonds is 5. The fourth-order valence-electron chi connectivity index (χ4n) is 2.53. The van der Waals surface area contributed by atoms with Crippen molar-refractivity contribution in [2.45, 2.75) is 12.6 Å². The molecule has 112 valence electrons. The summed E-state index contributed by atoms with van der Waals surface area (Å²) in [5, 5.41) is 4.26. The van der Waals surface area contributed by atoms with E-state index >= 15 is 0 Å². The Morgan fingerprint density at radius 3 is 3.00 bits per heavy atom. The SMILES string of the molecule is CN(Cc1ccsc1)C(CN)c1cc(Br)c2c(c1)OCO2. The lowest BCUT2D eigenvalue weighted by Gasteiger charge is -2.27. The molecule has 4 nitrogen and oxygen atoms in total. The topological polar surface area (TPSA) is 47.7 Å². The second-order valence-corrected chi connectivity index (χ2v) is 6.67. The van der Waals surface area contributed by atoms with Gasteiger partial charge in [-0.1, -0.05) is 0 Å². The van der Waals surface area contributed by atoms with Gasteiger partial charge in [-0.05, 0) is 63.1 Å². The molecule has 0 saturated carbocycles. The minimum Gasteiger partial charge on any atom is -0.454 e. The maximum Gasteiger partial charge on any atom is 0.231 e. The number of nitrogens with two attached hydrogens (primary N) is 1.